The molecule has 134 valence electrons. The molecule has 2 aromatic carbocycles. The maximum absolute atomic E-state index is 13.0. The summed E-state index contributed by atoms with van der Waals surface area (Å²) in [5.41, 5.74) is 2.55. The van der Waals surface area contributed by atoms with E-state index in [9.17, 15) is 4.79 Å². The van der Waals surface area contributed by atoms with Crippen molar-refractivity contribution < 1.29 is 4.79 Å². The molecule has 2 heterocycles. The van der Waals surface area contributed by atoms with Crippen molar-refractivity contribution in [2.75, 3.05) is 5.32 Å². The van der Waals surface area contributed by atoms with Gasteiger partial charge in [0.15, 0.2) is 0 Å². The molecule has 4 aromatic rings. The molecule has 3 nitrogen and oxygen atoms in total. The highest BCUT2D eigenvalue weighted by molar-refractivity contribution is 7.15. The summed E-state index contributed by atoms with van der Waals surface area (Å²) in [4.78, 5) is 20.0. The number of rotatable bonds is 3. The van der Waals surface area contributed by atoms with Crippen LogP contribution in [-0.4, -0.2) is 10.9 Å². The fourth-order valence-corrected chi connectivity index (χ4v) is 4.01. The zero-order valence-electron chi connectivity index (χ0n) is 14.3. The van der Waals surface area contributed by atoms with Gasteiger partial charge in [-0.15, -0.1) is 11.3 Å². The van der Waals surface area contributed by atoms with E-state index < -0.39 is 0 Å². The van der Waals surface area contributed by atoms with Crippen LogP contribution in [-0.2, 0) is 0 Å². The lowest BCUT2D eigenvalue weighted by Gasteiger charge is -2.11. The normalized spacial score (nSPS) is 10.9. The van der Waals surface area contributed by atoms with Crippen LogP contribution in [0.15, 0.2) is 60.7 Å². The Morgan fingerprint density at radius 1 is 1.04 bits per heavy atom. The second kappa shape index (κ2) is 7.31. The molecule has 4 rings (SSSR count). The van der Waals surface area contributed by atoms with Gasteiger partial charge in [-0.25, -0.2) is 4.98 Å². The number of nitrogens with zero attached hydrogens (tertiary/aromatic N) is 1. The predicted molar refractivity (Wildman–Crippen MR) is 114 cm³/mol. The molecule has 0 atom stereocenters. The number of fused-ring (bicyclic) bond motifs is 1. The Balaban J connectivity index is 1.82. The van der Waals surface area contributed by atoms with Crippen LogP contribution in [0.3, 0.4) is 0 Å². The Bertz CT molecular complexity index is 1170. The molecule has 0 saturated carbocycles. The van der Waals surface area contributed by atoms with Crippen molar-refractivity contribution in [1.29, 1.82) is 0 Å². The summed E-state index contributed by atoms with van der Waals surface area (Å²) in [5, 5.41) is 4.58. The maximum atomic E-state index is 13.0. The number of benzene rings is 2. The number of hydrogen-bond acceptors (Lipinski definition) is 3. The highest BCUT2D eigenvalue weighted by Gasteiger charge is 2.16. The molecule has 1 amide bonds. The molecule has 0 radical (unpaired) electrons. The van der Waals surface area contributed by atoms with E-state index in [0.717, 1.165) is 21.5 Å². The second-order valence-corrected chi connectivity index (χ2v) is 8.19. The van der Waals surface area contributed by atoms with Crippen LogP contribution in [0.1, 0.15) is 15.2 Å². The van der Waals surface area contributed by atoms with E-state index in [1.807, 2.05) is 49.4 Å². The molecule has 2 aromatic heterocycles. The number of pyridine rings is 1. The van der Waals surface area contributed by atoms with Gasteiger partial charge in [-0.05, 0) is 49.4 Å². The van der Waals surface area contributed by atoms with Crippen molar-refractivity contribution >= 4 is 57.0 Å². The number of hydrogen-bond donors (Lipinski definition) is 1. The fraction of sp³-hybridized carbons (Fsp3) is 0.0476. The topological polar surface area (TPSA) is 42.0 Å². The second-order valence-electron chi connectivity index (χ2n) is 6.06. The van der Waals surface area contributed by atoms with E-state index in [-0.39, 0.29) is 5.91 Å². The van der Waals surface area contributed by atoms with E-state index >= 15 is 0 Å². The van der Waals surface area contributed by atoms with Gasteiger partial charge in [0, 0.05) is 15.3 Å². The van der Waals surface area contributed by atoms with Gasteiger partial charge in [-0.1, -0.05) is 41.4 Å². The first-order valence-corrected chi connectivity index (χ1v) is 9.81. The standard InChI is InChI=1S/C21H14Cl2N2OS/c1-12-6-9-20(27-12)19-11-15(14-4-2-3-5-17(14)24-19)21(26)25-18-10-13(22)7-8-16(18)23/h2-11H,1H3,(H,25,26). The van der Waals surface area contributed by atoms with Crippen LogP contribution in [0.25, 0.3) is 21.5 Å². The monoisotopic (exact) mass is 412 g/mol. The molecule has 0 aliphatic heterocycles. The fourth-order valence-electron chi connectivity index (χ4n) is 2.84. The van der Waals surface area contributed by atoms with Gasteiger partial charge in [-0.3, -0.25) is 4.79 Å². The van der Waals surface area contributed by atoms with Crippen molar-refractivity contribution in [3.05, 3.63) is 81.1 Å². The van der Waals surface area contributed by atoms with Gasteiger partial charge in [0.05, 0.1) is 32.4 Å². The largest absolute Gasteiger partial charge is 0.321 e. The van der Waals surface area contributed by atoms with Gasteiger partial charge in [-0.2, -0.15) is 0 Å². The van der Waals surface area contributed by atoms with E-state index in [1.54, 1.807) is 29.5 Å². The van der Waals surface area contributed by atoms with Gasteiger partial charge < -0.3 is 5.32 Å². The smallest absolute Gasteiger partial charge is 0.256 e. The zero-order valence-corrected chi connectivity index (χ0v) is 16.6. The third-order valence-corrected chi connectivity index (χ3v) is 5.72. The van der Waals surface area contributed by atoms with Gasteiger partial charge in [0.1, 0.15) is 0 Å². The highest BCUT2D eigenvalue weighted by atomic mass is 35.5. The maximum Gasteiger partial charge on any atom is 0.256 e. The first kappa shape index (κ1) is 18.0. The number of para-hydroxylation sites is 1. The van der Waals surface area contributed by atoms with Crippen molar-refractivity contribution in [2.24, 2.45) is 0 Å². The molecule has 0 aliphatic rings. The first-order valence-electron chi connectivity index (χ1n) is 8.24. The molecule has 1 N–H and O–H groups in total. The summed E-state index contributed by atoms with van der Waals surface area (Å²) in [6, 6.07) is 18.5. The molecule has 0 bridgehead atoms. The molecular weight excluding hydrogens is 399 g/mol. The van der Waals surface area contributed by atoms with Crippen molar-refractivity contribution in [3.8, 4) is 10.6 Å². The molecule has 0 unspecified atom stereocenters. The molecule has 0 spiro atoms. The molecule has 6 heteroatoms. The van der Waals surface area contributed by atoms with Gasteiger partial charge in [0.2, 0.25) is 0 Å². The average Bonchev–Trinajstić information content (AvgIpc) is 3.10. The Morgan fingerprint density at radius 2 is 1.85 bits per heavy atom. The number of anilines is 1. The van der Waals surface area contributed by atoms with Crippen LogP contribution in [0.4, 0.5) is 5.69 Å². The predicted octanol–water partition coefficient (Wildman–Crippen LogP) is 6.83. The quantitative estimate of drug-likeness (QED) is 0.400. The number of thiophene rings is 1. The molecular formula is C21H14Cl2N2OS. The van der Waals surface area contributed by atoms with Crippen LogP contribution in [0.5, 0.6) is 0 Å². The summed E-state index contributed by atoms with van der Waals surface area (Å²) >= 11 is 13.9. The van der Waals surface area contributed by atoms with E-state index in [1.165, 1.54) is 4.88 Å². The van der Waals surface area contributed by atoms with Crippen LogP contribution < -0.4 is 5.32 Å². The minimum atomic E-state index is -0.257. The summed E-state index contributed by atoms with van der Waals surface area (Å²) in [7, 11) is 0. The van der Waals surface area contributed by atoms with E-state index in [2.05, 4.69) is 5.32 Å². The van der Waals surface area contributed by atoms with Crippen molar-refractivity contribution in [2.45, 2.75) is 6.92 Å². The van der Waals surface area contributed by atoms with Gasteiger partial charge in [0.25, 0.3) is 5.91 Å². The minimum Gasteiger partial charge on any atom is -0.321 e. The zero-order chi connectivity index (χ0) is 19.0. The Kier molecular flexibility index (Phi) is 4.87. The first-order chi connectivity index (χ1) is 13.0. The third-order valence-electron chi connectivity index (χ3n) is 4.13. The average molecular weight is 413 g/mol. The lowest BCUT2D eigenvalue weighted by atomic mass is 10.1. The van der Waals surface area contributed by atoms with Crippen LogP contribution in [0, 0.1) is 6.92 Å². The summed E-state index contributed by atoms with van der Waals surface area (Å²) in [6.45, 7) is 2.05. The summed E-state index contributed by atoms with van der Waals surface area (Å²) in [5.74, 6) is -0.257. The van der Waals surface area contributed by atoms with Crippen LogP contribution in [0.2, 0.25) is 10.0 Å². The molecule has 27 heavy (non-hydrogen) atoms. The van der Waals surface area contributed by atoms with Crippen molar-refractivity contribution in [1.82, 2.24) is 4.98 Å². The minimum absolute atomic E-state index is 0.257. The molecule has 0 saturated heterocycles. The Morgan fingerprint density at radius 3 is 2.63 bits per heavy atom. The van der Waals surface area contributed by atoms with Crippen LogP contribution >= 0.6 is 34.5 Å². The summed E-state index contributed by atoms with van der Waals surface area (Å²) < 4.78 is 0. The summed E-state index contributed by atoms with van der Waals surface area (Å²) in [6.07, 6.45) is 0. The molecule has 0 aliphatic carbocycles. The number of aromatic nitrogens is 1. The van der Waals surface area contributed by atoms with Gasteiger partial charge >= 0.3 is 0 Å². The number of amides is 1. The SMILES string of the molecule is Cc1ccc(-c2cc(C(=O)Nc3cc(Cl)ccc3Cl)c3ccccc3n2)s1. The van der Waals surface area contributed by atoms with Crippen molar-refractivity contribution in [3.63, 3.8) is 0 Å². The third kappa shape index (κ3) is 3.69. The molecule has 0 fully saturated rings. The number of carbonyl (C=O) groups excluding carboxylic acids is 1. The Hall–Kier alpha value is -2.40. The highest BCUT2D eigenvalue weighted by Crippen LogP contribution is 2.31. The van der Waals surface area contributed by atoms with E-state index in [0.29, 0.717) is 21.3 Å². The number of halogens is 2. The Labute approximate surface area is 170 Å². The lowest BCUT2D eigenvalue weighted by molar-refractivity contribution is 0.102. The number of aryl methyl sites for hydroxylation is 1. The number of carbonyl (C=O) groups is 1. The number of nitrogens with one attached hydrogen (secondary N) is 1. The lowest BCUT2D eigenvalue weighted by Crippen LogP contribution is -2.13. The van der Waals surface area contributed by atoms with E-state index in [4.69, 9.17) is 28.2 Å².